The lowest BCUT2D eigenvalue weighted by Gasteiger charge is -2.36. The predicted octanol–water partition coefficient (Wildman–Crippen LogP) is 3.19. The fourth-order valence-corrected chi connectivity index (χ4v) is 3.58. The van der Waals surface area contributed by atoms with E-state index in [2.05, 4.69) is 34.1 Å². The molecule has 29 heavy (non-hydrogen) atoms. The number of benzene rings is 1. The monoisotopic (exact) mass is 391 g/mol. The molecule has 150 valence electrons. The average Bonchev–Trinajstić information content (AvgIpc) is 3.14. The molecule has 2 atom stereocenters. The Kier molecular flexibility index (Phi) is 5.57. The smallest absolute Gasteiger partial charge is 0.258 e. The zero-order valence-electron chi connectivity index (χ0n) is 16.7. The molecule has 3 aromatic rings. The zero-order valence-corrected chi connectivity index (χ0v) is 16.7. The maximum atomic E-state index is 12.7. The Labute approximate surface area is 170 Å². The van der Waals surface area contributed by atoms with Gasteiger partial charge in [0.05, 0.1) is 30.5 Å². The lowest BCUT2D eigenvalue weighted by Crippen LogP contribution is -2.45. The van der Waals surface area contributed by atoms with Crippen molar-refractivity contribution < 1.29 is 9.53 Å². The van der Waals surface area contributed by atoms with E-state index in [1.165, 1.54) is 0 Å². The molecule has 1 aliphatic heterocycles. The van der Waals surface area contributed by atoms with Crippen molar-refractivity contribution in [1.82, 2.24) is 14.8 Å². The van der Waals surface area contributed by atoms with Gasteiger partial charge in [0.15, 0.2) is 0 Å². The first-order chi connectivity index (χ1) is 14.1. The van der Waals surface area contributed by atoms with Gasteiger partial charge in [-0.15, -0.1) is 0 Å². The molecule has 4 rings (SSSR count). The number of ether oxygens (including phenoxy) is 1. The Bertz CT molecular complexity index is 945. The van der Waals surface area contributed by atoms with Crippen LogP contribution in [-0.4, -0.2) is 46.0 Å². The number of morpholine rings is 1. The van der Waals surface area contributed by atoms with Crippen molar-refractivity contribution in [2.75, 3.05) is 23.3 Å². The third kappa shape index (κ3) is 4.63. The van der Waals surface area contributed by atoms with Gasteiger partial charge in [-0.25, -0.2) is 9.67 Å². The normalized spacial score (nSPS) is 19.2. The van der Waals surface area contributed by atoms with Crippen LogP contribution in [0.5, 0.6) is 0 Å². The number of nitrogens with zero attached hydrogens (tertiary/aromatic N) is 4. The lowest BCUT2D eigenvalue weighted by molar-refractivity contribution is -0.00546. The highest BCUT2D eigenvalue weighted by Crippen LogP contribution is 2.19. The Hall–Kier alpha value is -3.19. The second-order valence-electron chi connectivity index (χ2n) is 7.38. The standard InChI is InChI=1S/C22H25N5O2/c1-16-13-26(14-17(2)29-16)20-9-8-19(12-23-20)22(28)25-21-10-11-24-27(21)15-18-6-4-3-5-7-18/h3-12,16-17H,13-15H2,1-2H3,(H,25,28)/t16-,17+. The predicted molar refractivity (Wildman–Crippen MR) is 112 cm³/mol. The van der Waals surface area contributed by atoms with Gasteiger partial charge in [0, 0.05) is 25.4 Å². The quantitative estimate of drug-likeness (QED) is 0.723. The van der Waals surface area contributed by atoms with Gasteiger partial charge in [0.1, 0.15) is 11.6 Å². The molecule has 0 aliphatic carbocycles. The maximum absolute atomic E-state index is 12.7. The van der Waals surface area contributed by atoms with Crippen LogP contribution >= 0.6 is 0 Å². The summed E-state index contributed by atoms with van der Waals surface area (Å²) in [6, 6.07) is 15.5. The number of anilines is 2. The molecular weight excluding hydrogens is 366 g/mol. The van der Waals surface area contributed by atoms with Crippen LogP contribution in [0.1, 0.15) is 29.8 Å². The van der Waals surface area contributed by atoms with Crippen molar-refractivity contribution in [3.8, 4) is 0 Å². The minimum atomic E-state index is -0.206. The van der Waals surface area contributed by atoms with Gasteiger partial charge in [-0.3, -0.25) is 4.79 Å². The summed E-state index contributed by atoms with van der Waals surface area (Å²) < 4.78 is 7.54. The summed E-state index contributed by atoms with van der Waals surface area (Å²) in [6.07, 6.45) is 3.62. The summed E-state index contributed by atoms with van der Waals surface area (Å²) in [5.74, 6) is 1.30. The van der Waals surface area contributed by atoms with Gasteiger partial charge < -0.3 is 15.0 Å². The van der Waals surface area contributed by atoms with Crippen LogP contribution < -0.4 is 10.2 Å². The zero-order chi connectivity index (χ0) is 20.2. The average molecular weight is 391 g/mol. The second kappa shape index (κ2) is 8.45. The van der Waals surface area contributed by atoms with Crippen LogP contribution in [0.2, 0.25) is 0 Å². The summed E-state index contributed by atoms with van der Waals surface area (Å²) >= 11 is 0. The second-order valence-corrected chi connectivity index (χ2v) is 7.38. The summed E-state index contributed by atoms with van der Waals surface area (Å²) in [7, 11) is 0. The van der Waals surface area contributed by atoms with Crippen LogP contribution in [0.15, 0.2) is 60.9 Å². The highest BCUT2D eigenvalue weighted by molar-refractivity contribution is 6.03. The Morgan fingerprint density at radius 2 is 1.86 bits per heavy atom. The molecule has 0 bridgehead atoms. The van der Waals surface area contributed by atoms with E-state index in [1.54, 1.807) is 29.2 Å². The first-order valence-corrected chi connectivity index (χ1v) is 9.82. The number of amides is 1. The van der Waals surface area contributed by atoms with Gasteiger partial charge in [-0.05, 0) is 31.5 Å². The molecule has 0 spiro atoms. The molecule has 3 heterocycles. The lowest BCUT2D eigenvalue weighted by atomic mass is 10.2. The molecular formula is C22H25N5O2. The maximum Gasteiger partial charge on any atom is 0.258 e. The minimum Gasteiger partial charge on any atom is -0.372 e. The highest BCUT2D eigenvalue weighted by atomic mass is 16.5. The molecule has 0 unspecified atom stereocenters. The highest BCUT2D eigenvalue weighted by Gasteiger charge is 2.23. The molecule has 0 radical (unpaired) electrons. The van der Waals surface area contributed by atoms with E-state index in [9.17, 15) is 4.79 Å². The van der Waals surface area contributed by atoms with Crippen LogP contribution in [0.25, 0.3) is 0 Å². The van der Waals surface area contributed by atoms with Crippen LogP contribution in [0.4, 0.5) is 11.6 Å². The third-order valence-electron chi connectivity index (χ3n) is 4.89. The van der Waals surface area contributed by atoms with Crippen LogP contribution in [-0.2, 0) is 11.3 Å². The van der Waals surface area contributed by atoms with Crippen LogP contribution in [0.3, 0.4) is 0 Å². The van der Waals surface area contributed by atoms with Gasteiger partial charge in [0.2, 0.25) is 0 Å². The molecule has 7 heteroatoms. The van der Waals surface area contributed by atoms with Gasteiger partial charge >= 0.3 is 0 Å². The molecule has 7 nitrogen and oxygen atoms in total. The van der Waals surface area contributed by atoms with E-state index in [0.29, 0.717) is 17.9 Å². The van der Waals surface area contributed by atoms with E-state index in [-0.39, 0.29) is 18.1 Å². The fourth-order valence-electron chi connectivity index (χ4n) is 3.58. The van der Waals surface area contributed by atoms with Crippen LogP contribution in [0, 0.1) is 0 Å². The SMILES string of the molecule is C[C@@H]1CN(c2ccc(C(=O)Nc3ccnn3Cc3ccccc3)cn2)C[C@H](C)O1. The number of rotatable bonds is 5. The van der Waals surface area contributed by atoms with E-state index in [0.717, 1.165) is 24.5 Å². The molecule has 0 saturated carbocycles. The molecule has 1 fully saturated rings. The molecule has 2 aromatic heterocycles. The fraction of sp³-hybridized carbons (Fsp3) is 0.318. The number of aromatic nitrogens is 3. The van der Waals surface area contributed by atoms with Crippen molar-refractivity contribution >= 4 is 17.5 Å². The van der Waals surface area contributed by atoms with E-state index >= 15 is 0 Å². The number of pyridine rings is 1. The van der Waals surface area contributed by atoms with E-state index in [1.807, 2.05) is 36.4 Å². The molecule has 1 amide bonds. The number of nitrogens with one attached hydrogen (secondary N) is 1. The molecule has 1 aliphatic rings. The van der Waals surface area contributed by atoms with Gasteiger partial charge in [0.25, 0.3) is 5.91 Å². The van der Waals surface area contributed by atoms with Gasteiger partial charge in [-0.2, -0.15) is 5.10 Å². The summed E-state index contributed by atoms with van der Waals surface area (Å²) in [5.41, 5.74) is 1.63. The summed E-state index contributed by atoms with van der Waals surface area (Å²) in [4.78, 5) is 19.4. The van der Waals surface area contributed by atoms with Crippen molar-refractivity contribution in [3.63, 3.8) is 0 Å². The Morgan fingerprint density at radius 1 is 1.10 bits per heavy atom. The van der Waals surface area contributed by atoms with Crippen molar-refractivity contribution in [3.05, 3.63) is 72.1 Å². The molecule has 1 saturated heterocycles. The largest absolute Gasteiger partial charge is 0.372 e. The summed E-state index contributed by atoms with van der Waals surface area (Å²) in [5, 5.41) is 7.24. The van der Waals surface area contributed by atoms with Gasteiger partial charge in [-0.1, -0.05) is 30.3 Å². The third-order valence-corrected chi connectivity index (χ3v) is 4.89. The Morgan fingerprint density at radius 3 is 2.55 bits per heavy atom. The van der Waals surface area contributed by atoms with E-state index in [4.69, 9.17) is 4.74 Å². The molecule has 1 aromatic carbocycles. The van der Waals surface area contributed by atoms with Crippen molar-refractivity contribution in [2.45, 2.75) is 32.6 Å². The van der Waals surface area contributed by atoms with E-state index < -0.39 is 0 Å². The molecule has 1 N–H and O–H groups in total. The first-order valence-electron chi connectivity index (χ1n) is 9.82. The van der Waals surface area contributed by atoms with Crippen molar-refractivity contribution in [1.29, 1.82) is 0 Å². The number of carbonyl (C=O) groups excluding carboxylic acids is 1. The minimum absolute atomic E-state index is 0.161. The first kappa shape index (κ1) is 19.1. The number of carbonyl (C=O) groups is 1. The topological polar surface area (TPSA) is 72.3 Å². The summed E-state index contributed by atoms with van der Waals surface area (Å²) in [6.45, 7) is 6.29. The van der Waals surface area contributed by atoms with Crippen molar-refractivity contribution in [2.24, 2.45) is 0 Å². The number of hydrogen-bond donors (Lipinski definition) is 1. The Balaban J connectivity index is 1.42. The number of hydrogen-bond acceptors (Lipinski definition) is 5.